The highest BCUT2D eigenvalue weighted by Gasteiger charge is 2.50. The van der Waals surface area contributed by atoms with E-state index in [4.69, 9.17) is 18.9 Å². The predicted molar refractivity (Wildman–Crippen MR) is 110 cm³/mol. The first-order chi connectivity index (χ1) is 14.7. The molecule has 6 rings (SSSR count). The molecule has 2 spiro atoms. The van der Waals surface area contributed by atoms with Gasteiger partial charge in [-0.2, -0.15) is 0 Å². The Morgan fingerprint density at radius 2 is 1.20 bits per heavy atom. The molecular weight excluding hydrogens is 384 g/mol. The second kappa shape index (κ2) is 8.82. The van der Waals surface area contributed by atoms with Gasteiger partial charge in [0.15, 0.2) is 11.6 Å². The van der Waals surface area contributed by atoms with Crippen LogP contribution in [0, 0.1) is 0 Å². The maximum absolute atomic E-state index is 5.87. The highest BCUT2D eigenvalue weighted by atomic mass is 16.7. The Bertz CT molecular complexity index is 647. The lowest BCUT2D eigenvalue weighted by Gasteiger charge is -2.48. The molecule has 0 aromatic carbocycles. The maximum Gasteiger partial charge on any atom is 0.168 e. The SMILES string of the molecule is C1CCC2(CC1)OCCO2.c1cn(C2(N3CCCC3)CCC3(CC2)OCCO3)nn1. The Morgan fingerprint density at radius 1 is 0.633 bits per heavy atom. The van der Waals surface area contributed by atoms with E-state index in [1.807, 2.05) is 6.20 Å². The van der Waals surface area contributed by atoms with Crippen molar-refractivity contribution in [2.45, 2.75) is 87.9 Å². The summed E-state index contributed by atoms with van der Waals surface area (Å²) >= 11 is 0. The Labute approximate surface area is 179 Å². The topological polar surface area (TPSA) is 70.9 Å². The first-order valence-electron chi connectivity index (χ1n) is 11.9. The summed E-state index contributed by atoms with van der Waals surface area (Å²) in [6.45, 7) is 5.41. The van der Waals surface area contributed by atoms with Crippen molar-refractivity contribution in [1.29, 1.82) is 0 Å². The van der Waals surface area contributed by atoms with Crippen LogP contribution < -0.4 is 0 Å². The van der Waals surface area contributed by atoms with Gasteiger partial charge >= 0.3 is 0 Å². The molecule has 2 aliphatic carbocycles. The molecular formula is C22H36N4O4. The van der Waals surface area contributed by atoms with E-state index in [1.165, 1.54) is 32.1 Å². The molecule has 0 N–H and O–H groups in total. The zero-order valence-corrected chi connectivity index (χ0v) is 18.1. The second-order valence-electron chi connectivity index (χ2n) is 9.30. The lowest BCUT2D eigenvalue weighted by molar-refractivity contribution is -0.205. The van der Waals surface area contributed by atoms with Gasteiger partial charge in [0.25, 0.3) is 0 Å². The largest absolute Gasteiger partial charge is 0.348 e. The molecule has 1 aromatic rings. The molecule has 0 unspecified atom stereocenters. The van der Waals surface area contributed by atoms with Gasteiger partial charge in [-0.25, -0.2) is 4.68 Å². The smallest absolute Gasteiger partial charge is 0.168 e. The zero-order valence-electron chi connectivity index (χ0n) is 18.1. The Hall–Kier alpha value is -1.06. The molecule has 5 fully saturated rings. The maximum atomic E-state index is 5.87. The Morgan fingerprint density at radius 3 is 1.73 bits per heavy atom. The molecule has 8 nitrogen and oxygen atoms in total. The third-order valence-corrected chi connectivity index (χ3v) is 7.60. The van der Waals surface area contributed by atoms with Crippen LogP contribution in [0.1, 0.15) is 70.6 Å². The van der Waals surface area contributed by atoms with Crippen molar-refractivity contribution >= 4 is 0 Å². The van der Waals surface area contributed by atoms with E-state index in [0.717, 1.165) is 78.0 Å². The molecule has 168 valence electrons. The number of hydrogen-bond donors (Lipinski definition) is 0. The summed E-state index contributed by atoms with van der Waals surface area (Å²) in [4.78, 5) is 2.59. The van der Waals surface area contributed by atoms with Crippen molar-refractivity contribution in [2.24, 2.45) is 0 Å². The van der Waals surface area contributed by atoms with Crippen LogP contribution >= 0.6 is 0 Å². The number of hydrogen-bond acceptors (Lipinski definition) is 7. The number of nitrogens with zero attached hydrogens (tertiary/aromatic N) is 4. The van der Waals surface area contributed by atoms with Crippen LogP contribution in [0.25, 0.3) is 0 Å². The minimum Gasteiger partial charge on any atom is -0.348 e. The van der Waals surface area contributed by atoms with Crippen molar-refractivity contribution in [3.63, 3.8) is 0 Å². The third-order valence-electron chi connectivity index (χ3n) is 7.60. The standard InChI is InChI=1S/C14H22N4O2.C8H14O2/c1-2-9-17(8-1)13(18-10-7-15-16-18)3-5-14(6-4-13)19-11-12-20-14;1-2-4-8(5-3-1)9-6-7-10-8/h7,10H,1-6,8-9,11-12H2;1-7H2. The molecule has 4 heterocycles. The van der Waals surface area contributed by atoms with Crippen molar-refractivity contribution in [1.82, 2.24) is 19.9 Å². The highest BCUT2D eigenvalue weighted by molar-refractivity contribution is 4.96. The highest BCUT2D eigenvalue weighted by Crippen LogP contribution is 2.46. The molecule has 2 saturated carbocycles. The van der Waals surface area contributed by atoms with E-state index in [2.05, 4.69) is 19.9 Å². The molecule has 0 amide bonds. The summed E-state index contributed by atoms with van der Waals surface area (Å²) in [7, 11) is 0. The van der Waals surface area contributed by atoms with E-state index < -0.39 is 0 Å². The summed E-state index contributed by atoms with van der Waals surface area (Å²) in [5, 5.41) is 8.34. The summed E-state index contributed by atoms with van der Waals surface area (Å²) in [6, 6.07) is 0. The second-order valence-corrected chi connectivity index (χ2v) is 9.30. The van der Waals surface area contributed by atoms with Gasteiger partial charge in [-0.05, 0) is 38.5 Å². The van der Waals surface area contributed by atoms with Crippen LogP contribution in [0.5, 0.6) is 0 Å². The fourth-order valence-electron chi connectivity index (χ4n) is 5.95. The summed E-state index contributed by atoms with van der Waals surface area (Å²) < 4.78 is 24.9. The van der Waals surface area contributed by atoms with Crippen LogP contribution in [-0.4, -0.2) is 71.0 Å². The molecule has 1 aromatic heterocycles. The molecule has 5 aliphatic rings. The van der Waals surface area contributed by atoms with Crippen LogP contribution in [-0.2, 0) is 24.6 Å². The third kappa shape index (κ3) is 4.05. The first-order valence-corrected chi connectivity index (χ1v) is 11.9. The monoisotopic (exact) mass is 420 g/mol. The van der Waals surface area contributed by atoms with Gasteiger partial charge in [-0.1, -0.05) is 11.6 Å². The summed E-state index contributed by atoms with van der Waals surface area (Å²) in [5.41, 5.74) is -0.0203. The fraction of sp³-hybridized carbons (Fsp3) is 0.909. The molecule has 0 bridgehead atoms. The van der Waals surface area contributed by atoms with Crippen molar-refractivity contribution in [2.75, 3.05) is 39.5 Å². The predicted octanol–water partition coefficient (Wildman–Crippen LogP) is 3.04. The molecule has 0 atom stereocenters. The van der Waals surface area contributed by atoms with Crippen LogP contribution in [0.15, 0.2) is 12.4 Å². The van der Waals surface area contributed by atoms with Gasteiger partial charge < -0.3 is 18.9 Å². The normalized spacial score (nSPS) is 29.9. The Balaban J connectivity index is 0.000000161. The van der Waals surface area contributed by atoms with Gasteiger partial charge in [0, 0.05) is 45.0 Å². The van der Waals surface area contributed by atoms with E-state index in [0.29, 0.717) is 0 Å². The van der Waals surface area contributed by atoms with Crippen LogP contribution in [0.2, 0.25) is 0 Å². The van der Waals surface area contributed by atoms with Crippen LogP contribution in [0.4, 0.5) is 0 Å². The minimum atomic E-state index is -0.316. The molecule has 0 radical (unpaired) electrons. The number of aromatic nitrogens is 3. The van der Waals surface area contributed by atoms with Crippen LogP contribution in [0.3, 0.4) is 0 Å². The van der Waals surface area contributed by atoms with E-state index in [9.17, 15) is 0 Å². The van der Waals surface area contributed by atoms with Crippen molar-refractivity contribution < 1.29 is 18.9 Å². The van der Waals surface area contributed by atoms with E-state index >= 15 is 0 Å². The van der Waals surface area contributed by atoms with Gasteiger partial charge in [0.2, 0.25) is 0 Å². The first kappa shape index (κ1) is 20.8. The molecule has 30 heavy (non-hydrogen) atoms. The number of rotatable bonds is 2. The molecule has 8 heteroatoms. The van der Waals surface area contributed by atoms with E-state index in [1.54, 1.807) is 6.20 Å². The lowest BCUT2D eigenvalue weighted by Crippen LogP contribution is -2.55. The number of ether oxygens (including phenoxy) is 4. The molecule has 3 aliphatic heterocycles. The van der Waals surface area contributed by atoms with E-state index in [-0.39, 0.29) is 17.2 Å². The molecule has 3 saturated heterocycles. The summed E-state index contributed by atoms with van der Waals surface area (Å²) in [5.74, 6) is -0.442. The minimum absolute atomic E-state index is 0.0203. The van der Waals surface area contributed by atoms with Gasteiger partial charge in [-0.15, -0.1) is 5.10 Å². The average Bonchev–Trinajstić information content (AvgIpc) is 3.59. The fourth-order valence-corrected chi connectivity index (χ4v) is 5.95. The quantitative estimate of drug-likeness (QED) is 0.728. The number of likely N-dealkylation sites (tertiary alicyclic amines) is 1. The van der Waals surface area contributed by atoms with Gasteiger partial charge in [-0.3, -0.25) is 4.90 Å². The van der Waals surface area contributed by atoms with Gasteiger partial charge in [0.05, 0.1) is 32.6 Å². The van der Waals surface area contributed by atoms with Gasteiger partial charge in [0.1, 0.15) is 5.66 Å². The zero-order chi connectivity index (χ0) is 20.3. The average molecular weight is 421 g/mol. The lowest BCUT2D eigenvalue weighted by atomic mass is 9.83. The van der Waals surface area contributed by atoms with Crippen molar-refractivity contribution in [3.05, 3.63) is 12.4 Å². The Kier molecular flexibility index (Phi) is 6.12. The summed E-state index contributed by atoms with van der Waals surface area (Å²) in [6.07, 6.45) is 16.5. The van der Waals surface area contributed by atoms with Crippen molar-refractivity contribution in [3.8, 4) is 0 Å².